The van der Waals surface area contributed by atoms with E-state index in [0.717, 1.165) is 19.3 Å². The van der Waals surface area contributed by atoms with E-state index in [9.17, 15) is 4.79 Å². The van der Waals surface area contributed by atoms with Crippen molar-refractivity contribution in [3.05, 3.63) is 12.2 Å². The van der Waals surface area contributed by atoms with Crippen molar-refractivity contribution >= 4 is 6.09 Å². The predicted molar refractivity (Wildman–Crippen MR) is 55.1 cm³/mol. The molecule has 0 aliphatic rings. The zero-order valence-corrected chi connectivity index (χ0v) is 8.82. The minimum atomic E-state index is -0.385. The van der Waals surface area contributed by atoms with Gasteiger partial charge in [-0.2, -0.15) is 0 Å². The molecule has 0 aromatic heterocycles. The molecule has 82 valence electrons. The van der Waals surface area contributed by atoms with E-state index in [2.05, 4.69) is 10.1 Å². The number of rotatable bonds is 6. The smallest absolute Gasteiger partial charge is 0.406 e. The highest BCUT2D eigenvalue weighted by Crippen LogP contribution is 1.96. The Hall–Kier alpha value is -1.03. The molecule has 2 N–H and O–H groups in total. The van der Waals surface area contributed by atoms with Crippen molar-refractivity contribution in [1.29, 1.82) is 0 Å². The quantitative estimate of drug-likeness (QED) is 0.505. The van der Waals surface area contributed by atoms with Crippen molar-refractivity contribution in [2.45, 2.75) is 32.3 Å². The molecule has 4 heteroatoms. The van der Waals surface area contributed by atoms with Crippen molar-refractivity contribution in [1.82, 2.24) is 5.32 Å². The number of carbonyl (C=O) groups excluding carboxylic acids is 1. The van der Waals surface area contributed by atoms with Gasteiger partial charge >= 0.3 is 6.09 Å². The molecule has 0 fully saturated rings. The Balaban J connectivity index is 3.18. The van der Waals surface area contributed by atoms with E-state index in [-0.39, 0.29) is 12.2 Å². The second-order valence-corrected chi connectivity index (χ2v) is 3.08. The van der Waals surface area contributed by atoms with Gasteiger partial charge in [-0.1, -0.05) is 12.2 Å². The van der Waals surface area contributed by atoms with E-state index in [1.165, 1.54) is 7.11 Å². The first-order valence-corrected chi connectivity index (χ1v) is 4.83. The largest absolute Gasteiger partial charge is 0.453 e. The minimum Gasteiger partial charge on any atom is -0.453 e. The van der Waals surface area contributed by atoms with Crippen molar-refractivity contribution in [2.24, 2.45) is 0 Å². The van der Waals surface area contributed by atoms with E-state index in [4.69, 9.17) is 5.11 Å². The van der Waals surface area contributed by atoms with E-state index in [0.29, 0.717) is 6.54 Å². The zero-order chi connectivity index (χ0) is 10.8. The lowest BCUT2D eigenvalue weighted by molar-refractivity contribution is 0.171. The van der Waals surface area contributed by atoms with Crippen LogP contribution in [0.4, 0.5) is 4.79 Å². The molecule has 0 radical (unpaired) electrons. The van der Waals surface area contributed by atoms with Crippen molar-refractivity contribution in [2.75, 3.05) is 13.7 Å². The van der Waals surface area contributed by atoms with Gasteiger partial charge in [0.1, 0.15) is 0 Å². The highest BCUT2D eigenvalue weighted by atomic mass is 16.5. The molecule has 1 amide bonds. The summed E-state index contributed by atoms with van der Waals surface area (Å²) < 4.78 is 4.41. The average molecular weight is 201 g/mol. The summed E-state index contributed by atoms with van der Waals surface area (Å²) >= 11 is 0. The summed E-state index contributed by atoms with van der Waals surface area (Å²) in [5.41, 5.74) is 0. The van der Waals surface area contributed by atoms with Crippen molar-refractivity contribution in [3.63, 3.8) is 0 Å². The lowest BCUT2D eigenvalue weighted by Gasteiger charge is -2.01. The molecular weight excluding hydrogens is 182 g/mol. The number of aliphatic hydroxyl groups excluding tert-OH is 1. The molecule has 0 aliphatic heterocycles. The molecular formula is C10H19NO3. The molecule has 0 saturated carbocycles. The molecule has 0 bridgehead atoms. The van der Waals surface area contributed by atoms with Crippen LogP contribution in [-0.4, -0.2) is 31.0 Å². The molecule has 0 aromatic carbocycles. The average Bonchev–Trinajstić information content (AvgIpc) is 2.15. The van der Waals surface area contributed by atoms with Crippen LogP contribution in [0.25, 0.3) is 0 Å². The first-order chi connectivity index (χ1) is 6.66. The van der Waals surface area contributed by atoms with Crippen LogP contribution < -0.4 is 5.32 Å². The Morgan fingerprint density at radius 2 is 2.29 bits per heavy atom. The van der Waals surface area contributed by atoms with Gasteiger partial charge in [-0.25, -0.2) is 4.79 Å². The molecule has 0 saturated heterocycles. The van der Waals surface area contributed by atoms with Crippen LogP contribution >= 0.6 is 0 Å². The molecule has 0 spiro atoms. The maximum Gasteiger partial charge on any atom is 0.406 e. The topological polar surface area (TPSA) is 58.6 Å². The van der Waals surface area contributed by atoms with Gasteiger partial charge in [0.2, 0.25) is 0 Å². The number of hydrogen-bond acceptors (Lipinski definition) is 3. The first kappa shape index (κ1) is 13.0. The Labute approximate surface area is 85.0 Å². The SMILES string of the molecule is COC(=O)NCCCC/C=C/C(C)O. The van der Waals surface area contributed by atoms with Gasteiger partial charge in [0.05, 0.1) is 13.2 Å². The first-order valence-electron chi connectivity index (χ1n) is 4.83. The van der Waals surface area contributed by atoms with Crippen LogP contribution in [0.2, 0.25) is 0 Å². The lowest BCUT2D eigenvalue weighted by atomic mass is 10.2. The highest BCUT2D eigenvalue weighted by Gasteiger charge is 1.95. The number of unbranched alkanes of at least 4 members (excludes halogenated alkanes) is 2. The Bertz CT molecular complexity index is 178. The number of aliphatic hydroxyl groups is 1. The number of amides is 1. The van der Waals surface area contributed by atoms with Gasteiger partial charge in [-0.15, -0.1) is 0 Å². The van der Waals surface area contributed by atoms with E-state index >= 15 is 0 Å². The number of methoxy groups -OCH3 is 1. The highest BCUT2D eigenvalue weighted by molar-refractivity contribution is 5.66. The lowest BCUT2D eigenvalue weighted by Crippen LogP contribution is -2.23. The van der Waals surface area contributed by atoms with Gasteiger partial charge in [-0.05, 0) is 26.2 Å². The zero-order valence-electron chi connectivity index (χ0n) is 8.82. The Kier molecular flexibility index (Phi) is 7.93. The maximum absolute atomic E-state index is 10.6. The van der Waals surface area contributed by atoms with Crippen LogP contribution in [0, 0.1) is 0 Å². The fourth-order valence-corrected chi connectivity index (χ4v) is 0.943. The molecule has 0 rings (SSSR count). The summed E-state index contributed by atoms with van der Waals surface area (Å²) in [6, 6.07) is 0. The van der Waals surface area contributed by atoms with Crippen LogP contribution in [0.15, 0.2) is 12.2 Å². The van der Waals surface area contributed by atoms with E-state index in [1.54, 1.807) is 13.0 Å². The second kappa shape index (κ2) is 8.56. The third kappa shape index (κ3) is 9.06. The Morgan fingerprint density at radius 3 is 2.86 bits per heavy atom. The normalized spacial score (nSPS) is 12.8. The summed E-state index contributed by atoms with van der Waals surface area (Å²) in [4.78, 5) is 10.6. The number of ether oxygens (including phenoxy) is 1. The molecule has 0 aromatic rings. The third-order valence-electron chi connectivity index (χ3n) is 1.67. The summed E-state index contributed by atoms with van der Waals surface area (Å²) in [5.74, 6) is 0. The molecule has 4 nitrogen and oxygen atoms in total. The van der Waals surface area contributed by atoms with Gasteiger partial charge in [0, 0.05) is 6.54 Å². The molecule has 0 heterocycles. The van der Waals surface area contributed by atoms with Crippen LogP contribution in [0.5, 0.6) is 0 Å². The van der Waals surface area contributed by atoms with Crippen LogP contribution in [0.3, 0.4) is 0 Å². The van der Waals surface area contributed by atoms with Crippen molar-refractivity contribution < 1.29 is 14.6 Å². The number of hydrogen-bond donors (Lipinski definition) is 2. The minimum absolute atomic E-state index is 0.372. The van der Waals surface area contributed by atoms with Gasteiger partial charge < -0.3 is 15.2 Å². The third-order valence-corrected chi connectivity index (χ3v) is 1.67. The Morgan fingerprint density at radius 1 is 1.57 bits per heavy atom. The van der Waals surface area contributed by atoms with Gasteiger partial charge in [-0.3, -0.25) is 0 Å². The molecule has 0 aliphatic carbocycles. The van der Waals surface area contributed by atoms with Crippen molar-refractivity contribution in [3.8, 4) is 0 Å². The summed E-state index contributed by atoms with van der Waals surface area (Å²) in [5, 5.41) is 11.5. The van der Waals surface area contributed by atoms with Gasteiger partial charge in [0.25, 0.3) is 0 Å². The number of nitrogens with one attached hydrogen (secondary N) is 1. The van der Waals surface area contributed by atoms with Crippen LogP contribution in [0.1, 0.15) is 26.2 Å². The predicted octanol–water partition coefficient (Wildman–Crippen LogP) is 1.45. The van der Waals surface area contributed by atoms with Gasteiger partial charge in [0.15, 0.2) is 0 Å². The van der Waals surface area contributed by atoms with Crippen LogP contribution in [-0.2, 0) is 4.74 Å². The standard InChI is InChI=1S/C10H19NO3/c1-9(12)7-5-3-4-6-8-11-10(13)14-2/h5,7,9,12H,3-4,6,8H2,1-2H3,(H,11,13)/b7-5+. The summed E-state index contributed by atoms with van der Waals surface area (Å²) in [6.07, 6.45) is 5.78. The second-order valence-electron chi connectivity index (χ2n) is 3.08. The fraction of sp³-hybridized carbons (Fsp3) is 0.700. The number of carbonyl (C=O) groups is 1. The summed E-state index contributed by atoms with van der Waals surface area (Å²) in [6.45, 7) is 2.35. The fourth-order valence-electron chi connectivity index (χ4n) is 0.943. The molecule has 1 unspecified atom stereocenters. The monoisotopic (exact) mass is 201 g/mol. The maximum atomic E-state index is 10.6. The molecule has 14 heavy (non-hydrogen) atoms. The number of allylic oxidation sites excluding steroid dienone is 1. The number of alkyl carbamates (subject to hydrolysis) is 1. The molecule has 1 atom stereocenters. The summed E-state index contributed by atoms with van der Waals surface area (Å²) in [7, 11) is 1.35. The van der Waals surface area contributed by atoms with E-state index < -0.39 is 0 Å². The van der Waals surface area contributed by atoms with E-state index in [1.807, 2.05) is 6.08 Å².